The summed E-state index contributed by atoms with van der Waals surface area (Å²) in [6.45, 7) is 11.1. The van der Waals surface area contributed by atoms with Crippen molar-refractivity contribution in [2.24, 2.45) is 5.73 Å². The molecule has 98 valence electrons. The molecule has 0 aliphatic rings. The van der Waals surface area contributed by atoms with Crippen LogP contribution in [0.1, 0.15) is 38.1 Å². The number of nitrogens with zero attached hydrogens (tertiary/aromatic N) is 3. The third kappa shape index (κ3) is 4.48. The lowest BCUT2D eigenvalue weighted by Gasteiger charge is -2.21. The van der Waals surface area contributed by atoms with Crippen molar-refractivity contribution in [3.8, 4) is 0 Å². The van der Waals surface area contributed by atoms with Gasteiger partial charge in [0.25, 0.3) is 0 Å². The first-order chi connectivity index (χ1) is 8.21. The van der Waals surface area contributed by atoms with Crippen LogP contribution in [0.2, 0.25) is 0 Å². The van der Waals surface area contributed by atoms with Gasteiger partial charge in [0.05, 0.1) is 11.4 Å². The van der Waals surface area contributed by atoms with Crippen molar-refractivity contribution in [3.63, 3.8) is 0 Å². The number of nitrogens with two attached hydrogens (primary N) is 1. The predicted octanol–water partition coefficient (Wildman–Crippen LogP) is 1.77. The third-order valence-electron chi connectivity index (χ3n) is 2.94. The molecule has 2 N–H and O–H groups in total. The second-order valence-electron chi connectivity index (χ2n) is 4.51. The van der Waals surface area contributed by atoms with Gasteiger partial charge in [-0.2, -0.15) is 5.10 Å². The van der Waals surface area contributed by atoms with Crippen molar-refractivity contribution in [2.45, 2.75) is 46.7 Å². The Morgan fingerprint density at radius 2 is 2.12 bits per heavy atom. The fourth-order valence-corrected chi connectivity index (χ4v) is 2.06. The first-order valence-electron chi connectivity index (χ1n) is 6.67. The lowest BCUT2D eigenvalue weighted by molar-refractivity contribution is 0.260. The van der Waals surface area contributed by atoms with Gasteiger partial charge < -0.3 is 5.73 Å². The molecule has 4 nitrogen and oxygen atoms in total. The average molecular weight is 238 g/mol. The molecule has 0 saturated heterocycles. The van der Waals surface area contributed by atoms with E-state index in [2.05, 4.69) is 41.5 Å². The van der Waals surface area contributed by atoms with Gasteiger partial charge in [0.2, 0.25) is 0 Å². The molecule has 1 aromatic rings. The number of hydrogen-bond acceptors (Lipinski definition) is 3. The quantitative estimate of drug-likeness (QED) is 0.751. The van der Waals surface area contributed by atoms with E-state index in [1.165, 1.54) is 18.5 Å². The maximum Gasteiger partial charge on any atom is 0.0597 e. The highest BCUT2D eigenvalue weighted by Crippen LogP contribution is 2.08. The number of unbranched alkanes of at least 4 members (excludes halogenated alkanes) is 1. The monoisotopic (exact) mass is 238 g/mol. The maximum absolute atomic E-state index is 5.67. The molecule has 4 heteroatoms. The van der Waals surface area contributed by atoms with Gasteiger partial charge in [-0.3, -0.25) is 9.58 Å². The summed E-state index contributed by atoms with van der Waals surface area (Å²) >= 11 is 0. The van der Waals surface area contributed by atoms with Crippen LogP contribution in [0.15, 0.2) is 6.07 Å². The SMILES string of the molecule is CCCCN(CCN)Cc1cc(C)nn1CC. The summed E-state index contributed by atoms with van der Waals surface area (Å²) in [6.07, 6.45) is 2.46. The predicted molar refractivity (Wildman–Crippen MR) is 71.9 cm³/mol. The van der Waals surface area contributed by atoms with Crippen LogP contribution >= 0.6 is 0 Å². The third-order valence-corrected chi connectivity index (χ3v) is 2.94. The Morgan fingerprint density at radius 1 is 1.35 bits per heavy atom. The second-order valence-corrected chi connectivity index (χ2v) is 4.51. The van der Waals surface area contributed by atoms with E-state index in [0.717, 1.165) is 38.4 Å². The maximum atomic E-state index is 5.67. The minimum atomic E-state index is 0.725. The molecule has 0 radical (unpaired) electrons. The molecule has 0 aliphatic carbocycles. The molecule has 0 aliphatic heterocycles. The highest BCUT2D eigenvalue weighted by atomic mass is 15.3. The summed E-state index contributed by atoms with van der Waals surface area (Å²) < 4.78 is 2.09. The van der Waals surface area contributed by atoms with E-state index in [9.17, 15) is 0 Å². The Balaban J connectivity index is 2.63. The van der Waals surface area contributed by atoms with Gasteiger partial charge in [0.15, 0.2) is 0 Å². The van der Waals surface area contributed by atoms with Gasteiger partial charge in [-0.05, 0) is 32.9 Å². The normalized spacial score (nSPS) is 11.4. The van der Waals surface area contributed by atoms with Crippen LogP contribution in [0.3, 0.4) is 0 Å². The van der Waals surface area contributed by atoms with Crippen LogP contribution in [0.25, 0.3) is 0 Å². The Hall–Kier alpha value is -0.870. The van der Waals surface area contributed by atoms with E-state index in [1.54, 1.807) is 0 Å². The van der Waals surface area contributed by atoms with Crippen molar-refractivity contribution in [2.75, 3.05) is 19.6 Å². The summed E-state index contributed by atoms with van der Waals surface area (Å²) in [5.74, 6) is 0. The minimum absolute atomic E-state index is 0.725. The minimum Gasteiger partial charge on any atom is -0.329 e. The van der Waals surface area contributed by atoms with Crippen LogP contribution in [0.5, 0.6) is 0 Å². The first-order valence-corrected chi connectivity index (χ1v) is 6.67. The smallest absolute Gasteiger partial charge is 0.0597 e. The molecular weight excluding hydrogens is 212 g/mol. The van der Waals surface area contributed by atoms with Crippen LogP contribution in [0.4, 0.5) is 0 Å². The lowest BCUT2D eigenvalue weighted by atomic mass is 10.3. The summed E-state index contributed by atoms with van der Waals surface area (Å²) in [5.41, 5.74) is 8.07. The second kappa shape index (κ2) is 7.45. The van der Waals surface area contributed by atoms with E-state index < -0.39 is 0 Å². The van der Waals surface area contributed by atoms with Gasteiger partial charge in [-0.25, -0.2) is 0 Å². The zero-order chi connectivity index (χ0) is 12.7. The molecule has 0 unspecified atom stereocenters. The summed E-state index contributed by atoms with van der Waals surface area (Å²) in [5, 5.41) is 4.48. The van der Waals surface area contributed by atoms with Crippen molar-refractivity contribution in [1.82, 2.24) is 14.7 Å². The molecule has 0 atom stereocenters. The highest BCUT2D eigenvalue weighted by Gasteiger charge is 2.09. The fourth-order valence-electron chi connectivity index (χ4n) is 2.06. The summed E-state index contributed by atoms with van der Waals surface area (Å²) in [6, 6.07) is 2.18. The zero-order valence-corrected chi connectivity index (χ0v) is 11.4. The fraction of sp³-hybridized carbons (Fsp3) is 0.769. The molecule has 0 saturated carbocycles. The number of hydrogen-bond donors (Lipinski definition) is 1. The molecule has 0 aromatic carbocycles. The first kappa shape index (κ1) is 14.2. The Bertz CT molecular complexity index is 319. The standard InChI is InChI=1S/C13H26N4/c1-4-6-8-16(9-7-14)11-13-10-12(3)15-17(13)5-2/h10H,4-9,11,14H2,1-3H3. The zero-order valence-electron chi connectivity index (χ0n) is 11.4. The largest absolute Gasteiger partial charge is 0.329 e. The van der Waals surface area contributed by atoms with E-state index in [-0.39, 0.29) is 0 Å². The van der Waals surface area contributed by atoms with E-state index in [4.69, 9.17) is 5.73 Å². The average Bonchev–Trinajstić information content (AvgIpc) is 2.66. The molecule has 0 fully saturated rings. The van der Waals surface area contributed by atoms with Crippen LogP contribution in [-0.4, -0.2) is 34.3 Å². The van der Waals surface area contributed by atoms with Crippen molar-refractivity contribution >= 4 is 0 Å². The Kier molecular flexibility index (Phi) is 6.22. The van der Waals surface area contributed by atoms with Crippen LogP contribution in [0, 0.1) is 6.92 Å². The van der Waals surface area contributed by atoms with E-state index in [1.807, 2.05) is 0 Å². The number of rotatable bonds is 8. The van der Waals surface area contributed by atoms with Gasteiger partial charge in [0.1, 0.15) is 0 Å². The van der Waals surface area contributed by atoms with Gasteiger partial charge in [-0.1, -0.05) is 13.3 Å². The molecule has 1 rings (SSSR count). The molecular formula is C13H26N4. The van der Waals surface area contributed by atoms with Gasteiger partial charge in [0, 0.05) is 26.2 Å². The van der Waals surface area contributed by atoms with Crippen LogP contribution < -0.4 is 5.73 Å². The van der Waals surface area contributed by atoms with Gasteiger partial charge in [-0.15, -0.1) is 0 Å². The molecule has 0 bridgehead atoms. The molecule has 1 heterocycles. The van der Waals surface area contributed by atoms with Crippen LogP contribution in [-0.2, 0) is 13.1 Å². The molecule has 0 spiro atoms. The number of aryl methyl sites for hydroxylation is 2. The summed E-state index contributed by atoms with van der Waals surface area (Å²) in [7, 11) is 0. The Morgan fingerprint density at radius 3 is 2.71 bits per heavy atom. The molecule has 1 aromatic heterocycles. The van der Waals surface area contributed by atoms with Gasteiger partial charge >= 0.3 is 0 Å². The Labute approximate surface area is 105 Å². The molecule has 17 heavy (non-hydrogen) atoms. The lowest BCUT2D eigenvalue weighted by Crippen LogP contribution is -2.31. The van der Waals surface area contributed by atoms with Crippen molar-refractivity contribution in [1.29, 1.82) is 0 Å². The molecule has 0 amide bonds. The topological polar surface area (TPSA) is 47.1 Å². The van der Waals surface area contributed by atoms with E-state index in [0.29, 0.717) is 0 Å². The van der Waals surface area contributed by atoms with E-state index >= 15 is 0 Å². The highest BCUT2D eigenvalue weighted by molar-refractivity contribution is 5.08. The van der Waals surface area contributed by atoms with Crippen molar-refractivity contribution in [3.05, 3.63) is 17.5 Å². The number of aromatic nitrogens is 2. The summed E-state index contributed by atoms with van der Waals surface area (Å²) in [4.78, 5) is 2.42. The van der Waals surface area contributed by atoms with Crippen molar-refractivity contribution < 1.29 is 0 Å².